The molecule has 0 aromatic heterocycles. The van der Waals surface area contributed by atoms with E-state index >= 15 is 0 Å². The molecule has 0 aliphatic carbocycles. The van der Waals surface area contributed by atoms with Crippen molar-refractivity contribution in [3.8, 4) is 0 Å². The molecular weight excluding hydrogens is 260 g/mol. The first-order valence-corrected chi connectivity index (χ1v) is 7.66. The van der Waals surface area contributed by atoms with Gasteiger partial charge >= 0.3 is 0 Å². The molecule has 3 unspecified atom stereocenters. The number of morpholine rings is 2. The third-order valence-electron chi connectivity index (χ3n) is 4.08. The van der Waals surface area contributed by atoms with Gasteiger partial charge in [-0.1, -0.05) is 0 Å². The summed E-state index contributed by atoms with van der Waals surface area (Å²) in [4.78, 5) is 8.17. The summed E-state index contributed by atoms with van der Waals surface area (Å²) in [5.41, 5.74) is 0. The molecule has 0 aromatic carbocycles. The zero-order valence-corrected chi connectivity index (χ0v) is 12.7. The normalized spacial score (nSPS) is 27.1. The Bertz CT molecular complexity index is 268. The summed E-state index contributed by atoms with van der Waals surface area (Å²) in [5.74, 6) is 0. The van der Waals surface area contributed by atoms with Crippen molar-refractivity contribution in [2.75, 3.05) is 52.6 Å². The fourth-order valence-corrected chi connectivity index (χ4v) is 2.67. The van der Waals surface area contributed by atoms with E-state index in [0.29, 0.717) is 19.3 Å². The van der Waals surface area contributed by atoms with Crippen LogP contribution in [0.1, 0.15) is 20.3 Å². The van der Waals surface area contributed by atoms with Crippen molar-refractivity contribution in [2.45, 2.75) is 38.5 Å². The first-order valence-electron chi connectivity index (χ1n) is 7.66. The Morgan fingerprint density at radius 2 is 1.55 bits per heavy atom. The van der Waals surface area contributed by atoms with Crippen LogP contribution < -0.4 is 0 Å². The van der Waals surface area contributed by atoms with Gasteiger partial charge in [-0.15, -0.1) is 0 Å². The Labute approximate surface area is 121 Å². The monoisotopic (exact) mass is 288 g/mol. The van der Waals surface area contributed by atoms with Gasteiger partial charge in [-0.05, 0) is 20.3 Å². The van der Waals surface area contributed by atoms with Crippen LogP contribution in [0, 0.1) is 0 Å². The van der Waals surface area contributed by atoms with Gasteiger partial charge in [0.25, 0.3) is 0 Å². The molecule has 6 heteroatoms. The molecule has 0 bridgehead atoms. The van der Waals surface area contributed by atoms with Crippen molar-refractivity contribution in [1.82, 2.24) is 9.96 Å². The van der Waals surface area contributed by atoms with Crippen LogP contribution in [0.3, 0.4) is 0 Å². The number of ether oxygens (including phenoxy) is 2. The fourth-order valence-electron chi connectivity index (χ4n) is 2.67. The quantitative estimate of drug-likeness (QED) is 0.749. The lowest BCUT2D eigenvalue weighted by Crippen LogP contribution is -2.46. The van der Waals surface area contributed by atoms with Crippen LogP contribution in [0.2, 0.25) is 0 Å². The lowest BCUT2D eigenvalue weighted by Gasteiger charge is -2.35. The highest BCUT2D eigenvalue weighted by Gasteiger charge is 2.25. The molecule has 0 aromatic rings. The Kier molecular flexibility index (Phi) is 6.67. The van der Waals surface area contributed by atoms with Crippen LogP contribution in [0.25, 0.3) is 0 Å². The molecule has 2 aliphatic heterocycles. The predicted octanol–water partition coefficient (Wildman–Crippen LogP) is 0.110. The summed E-state index contributed by atoms with van der Waals surface area (Å²) in [6, 6.07) is 0.352. The average Bonchev–Trinajstić information content (AvgIpc) is 2.49. The predicted molar refractivity (Wildman–Crippen MR) is 75.4 cm³/mol. The van der Waals surface area contributed by atoms with E-state index < -0.39 is 6.10 Å². The van der Waals surface area contributed by atoms with Crippen molar-refractivity contribution in [1.29, 1.82) is 0 Å². The highest BCUT2D eigenvalue weighted by atomic mass is 16.7. The minimum absolute atomic E-state index is 0.184. The molecule has 0 radical (unpaired) electrons. The second-order valence-corrected chi connectivity index (χ2v) is 5.65. The number of hydrogen-bond acceptors (Lipinski definition) is 6. The molecular formula is C14H28N2O4. The highest BCUT2D eigenvalue weighted by Crippen LogP contribution is 2.14. The summed E-state index contributed by atoms with van der Waals surface area (Å²) in [6.07, 6.45) is 0.0955. The molecule has 20 heavy (non-hydrogen) atoms. The van der Waals surface area contributed by atoms with Crippen LogP contribution in [0.5, 0.6) is 0 Å². The van der Waals surface area contributed by atoms with E-state index in [1.807, 2.05) is 12.0 Å². The zero-order valence-electron chi connectivity index (χ0n) is 12.7. The van der Waals surface area contributed by atoms with E-state index in [2.05, 4.69) is 11.8 Å². The second-order valence-electron chi connectivity index (χ2n) is 5.65. The lowest BCUT2D eigenvalue weighted by molar-refractivity contribution is -0.241. The molecule has 2 heterocycles. The number of aliphatic hydroxyl groups excluding tert-OH is 1. The van der Waals surface area contributed by atoms with Crippen molar-refractivity contribution >= 4 is 0 Å². The Hall–Kier alpha value is -0.240. The molecule has 1 N–H and O–H groups in total. The molecule has 2 fully saturated rings. The van der Waals surface area contributed by atoms with E-state index in [0.717, 1.165) is 45.8 Å². The number of hydroxylamine groups is 2. The van der Waals surface area contributed by atoms with Crippen LogP contribution in [-0.4, -0.2) is 85.9 Å². The molecule has 2 saturated heterocycles. The minimum atomic E-state index is -0.448. The molecule has 2 rings (SSSR count). The van der Waals surface area contributed by atoms with Gasteiger partial charge in [-0.25, -0.2) is 0 Å². The largest absolute Gasteiger partial charge is 0.390 e. The van der Waals surface area contributed by atoms with Crippen LogP contribution in [-0.2, 0) is 14.3 Å². The first-order chi connectivity index (χ1) is 9.66. The van der Waals surface area contributed by atoms with Crippen molar-refractivity contribution in [3.05, 3.63) is 0 Å². The number of hydrogen-bond donors (Lipinski definition) is 1. The maximum absolute atomic E-state index is 10.3. The van der Waals surface area contributed by atoms with Gasteiger partial charge in [-0.2, -0.15) is 5.06 Å². The van der Waals surface area contributed by atoms with Gasteiger partial charge < -0.3 is 14.6 Å². The van der Waals surface area contributed by atoms with Crippen LogP contribution in [0.4, 0.5) is 0 Å². The second kappa shape index (κ2) is 8.26. The number of aliphatic hydroxyl groups is 1. The van der Waals surface area contributed by atoms with E-state index in [4.69, 9.17) is 14.3 Å². The summed E-state index contributed by atoms with van der Waals surface area (Å²) in [5, 5.41) is 12.2. The Balaban J connectivity index is 1.70. The molecule has 0 saturated carbocycles. The summed E-state index contributed by atoms with van der Waals surface area (Å²) < 4.78 is 10.6. The topological polar surface area (TPSA) is 54.4 Å². The van der Waals surface area contributed by atoms with Gasteiger partial charge in [-0.3, -0.25) is 9.74 Å². The standard InChI is InChI=1S/C14H28N2O4/c1-12(15-3-7-18-8-4-15)11-14(17)13(2)20-16-5-9-19-10-6-16/h12-14,17H,3-11H2,1-2H3. The van der Waals surface area contributed by atoms with E-state index in [-0.39, 0.29) is 6.10 Å². The fraction of sp³-hybridized carbons (Fsp3) is 1.00. The maximum atomic E-state index is 10.3. The molecule has 3 atom stereocenters. The molecule has 0 amide bonds. The third-order valence-corrected chi connectivity index (χ3v) is 4.08. The Morgan fingerprint density at radius 3 is 2.15 bits per heavy atom. The SMILES string of the molecule is CC(ON1CCOCC1)C(O)CC(C)N1CCOCC1. The van der Waals surface area contributed by atoms with Crippen molar-refractivity contribution in [2.24, 2.45) is 0 Å². The summed E-state index contributed by atoms with van der Waals surface area (Å²) in [6.45, 7) is 10.5. The maximum Gasteiger partial charge on any atom is 0.102 e. The minimum Gasteiger partial charge on any atom is -0.390 e. The zero-order chi connectivity index (χ0) is 14.4. The van der Waals surface area contributed by atoms with Gasteiger partial charge in [0.05, 0.1) is 32.5 Å². The van der Waals surface area contributed by atoms with Crippen molar-refractivity contribution in [3.63, 3.8) is 0 Å². The number of rotatable bonds is 6. The molecule has 2 aliphatic rings. The average molecular weight is 288 g/mol. The summed E-state index contributed by atoms with van der Waals surface area (Å²) >= 11 is 0. The van der Waals surface area contributed by atoms with Gasteiger partial charge in [0.2, 0.25) is 0 Å². The Morgan fingerprint density at radius 1 is 1.00 bits per heavy atom. The van der Waals surface area contributed by atoms with E-state index in [9.17, 15) is 5.11 Å². The van der Waals surface area contributed by atoms with Crippen LogP contribution >= 0.6 is 0 Å². The van der Waals surface area contributed by atoms with Gasteiger partial charge in [0.15, 0.2) is 0 Å². The van der Waals surface area contributed by atoms with Crippen molar-refractivity contribution < 1.29 is 19.4 Å². The smallest absolute Gasteiger partial charge is 0.102 e. The highest BCUT2D eigenvalue weighted by molar-refractivity contribution is 4.76. The number of nitrogens with zero attached hydrogens (tertiary/aromatic N) is 2. The van der Waals surface area contributed by atoms with E-state index in [1.54, 1.807) is 0 Å². The lowest BCUT2D eigenvalue weighted by atomic mass is 10.1. The van der Waals surface area contributed by atoms with Crippen LogP contribution in [0.15, 0.2) is 0 Å². The van der Waals surface area contributed by atoms with E-state index in [1.165, 1.54) is 0 Å². The van der Waals surface area contributed by atoms with Gasteiger partial charge in [0.1, 0.15) is 6.10 Å². The third kappa shape index (κ3) is 4.95. The first kappa shape index (κ1) is 16.1. The molecule has 0 spiro atoms. The van der Waals surface area contributed by atoms with Gasteiger partial charge in [0, 0.05) is 32.2 Å². The molecule has 6 nitrogen and oxygen atoms in total. The molecule has 118 valence electrons. The summed E-state index contributed by atoms with van der Waals surface area (Å²) in [7, 11) is 0.